The van der Waals surface area contributed by atoms with E-state index in [2.05, 4.69) is 5.32 Å². The lowest BCUT2D eigenvalue weighted by molar-refractivity contribution is -0.143. The highest BCUT2D eigenvalue weighted by molar-refractivity contribution is 6.30. The van der Waals surface area contributed by atoms with Crippen molar-refractivity contribution >= 4 is 23.4 Å². The van der Waals surface area contributed by atoms with Crippen LogP contribution in [0.1, 0.15) is 45.2 Å². The van der Waals surface area contributed by atoms with Crippen molar-refractivity contribution in [3.8, 4) is 5.75 Å². The van der Waals surface area contributed by atoms with E-state index in [-0.39, 0.29) is 18.4 Å². The molecule has 2 aromatic carbocycles. The van der Waals surface area contributed by atoms with Gasteiger partial charge in [0.05, 0.1) is 0 Å². The number of nitrogens with one attached hydrogen (secondary N) is 1. The van der Waals surface area contributed by atoms with Gasteiger partial charge in [-0.1, -0.05) is 42.8 Å². The van der Waals surface area contributed by atoms with Crippen LogP contribution in [0.25, 0.3) is 0 Å². The molecule has 0 radical (unpaired) electrons. The molecule has 1 N–H and O–H groups in total. The number of halogens is 1. The van der Waals surface area contributed by atoms with Gasteiger partial charge in [0.2, 0.25) is 5.91 Å². The number of benzene rings is 2. The van der Waals surface area contributed by atoms with E-state index in [1.807, 2.05) is 71.0 Å². The summed E-state index contributed by atoms with van der Waals surface area (Å²) in [6.07, 6.45) is 0.492. The summed E-state index contributed by atoms with van der Waals surface area (Å²) in [6, 6.07) is 14.2. The Balaban J connectivity index is 2.22. The van der Waals surface area contributed by atoms with Crippen LogP contribution in [0.3, 0.4) is 0 Å². The molecular formula is C24H31ClN2O3. The predicted octanol–water partition coefficient (Wildman–Crippen LogP) is 4.75. The van der Waals surface area contributed by atoms with Crippen LogP contribution in [0.5, 0.6) is 5.75 Å². The Hall–Kier alpha value is -2.53. The molecule has 5 nitrogen and oxygen atoms in total. The maximum Gasteiger partial charge on any atom is 0.261 e. The van der Waals surface area contributed by atoms with E-state index in [1.54, 1.807) is 17.0 Å². The molecule has 30 heavy (non-hydrogen) atoms. The molecule has 0 saturated heterocycles. The molecule has 0 heterocycles. The smallest absolute Gasteiger partial charge is 0.261 e. The van der Waals surface area contributed by atoms with Gasteiger partial charge >= 0.3 is 0 Å². The Kier molecular flexibility index (Phi) is 8.30. The van der Waals surface area contributed by atoms with E-state index >= 15 is 0 Å². The third-order valence-corrected chi connectivity index (χ3v) is 4.75. The zero-order chi connectivity index (χ0) is 22.3. The molecule has 2 rings (SSSR count). The van der Waals surface area contributed by atoms with Crippen molar-refractivity contribution in [3.63, 3.8) is 0 Å². The first kappa shape index (κ1) is 23.7. The molecule has 0 bridgehead atoms. The fourth-order valence-corrected chi connectivity index (χ4v) is 3.22. The van der Waals surface area contributed by atoms with Crippen LogP contribution in [0.15, 0.2) is 48.5 Å². The molecule has 0 fully saturated rings. The van der Waals surface area contributed by atoms with Gasteiger partial charge in [0.25, 0.3) is 5.91 Å². The first-order valence-corrected chi connectivity index (χ1v) is 10.5. The molecule has 0 spiro atoms. The summed E-state index contributed by atoms with van der Waals surface area (Å²) in [5, 5.41) is 3.61. The van der Waals surface area contributed by atoms with Gasteiger partial charge in [0, 0.05) is 17.1 Å². The van der Waals surface area contributed by atoms with Crippen LogP contribution in [0.2, 0.25) is 5.02 Å². The first-order chi connectivity index (χ1) is 14.1. The van der Waals surface area contributed by atoms with Crippen molar-refractivity contribution in [2.24, 2.45) is 0 Å². The van der Waals surface area contributed by atoms with Crippen LogP contribution >= 0.6 is 11.6 Å². The molecule has 6 heteroatoms. The van der Waals surface area contributed by atoms with Crippen molar-refractivity contribution in [1.82, 2.24) is 10.2 Å². The zero-order valence-electron chi connectivity index (χ0n) is 18.4. The lowest BCUT2D eigenvalue weighted by atomic mass is 10.1. The maximum atomic E-state index is 13.1. The predicted molar refractivity (Wildman–Crippen MR) is 121 cm³/mol. The third-order valence-electron chi connectivity index (χ3n) is 4.50. The van der Waals surface area contributed by atoms with E-state index in [0.29, 0.717) is 23.7 Å². The van der Waals surface area contributed by atoms with Gasteiger partial charge in [-0.3, -0.25) is 9.59 Å². The van der Waals surface area contributed by atoms with E-state index in [0.717, 1.165) is 11.1 Å². The number of nitrogens with zero attached hydrogens (tertiary/aromatic N) is 1. The summed E-state index contributed by atoms with van der Waals surface area (Å²) < 4.78 is 5.72. The van der Waals surface area contributed by atoms with E-state index in [1.165, 1.54) is 0 Å². The summed E-state index contributed by atoms with van der Waals surface area (Å²) in [5.41, 5.74) is 1.55. The lowest BCUT2D eigenvalue weighted by Gasteiger charge is -2.33. The van der Waals surface area contributed by atoms with Crippen LogP contribution < -0.4 is 10.1 Å². The van der Waals surface area contributed by atoms with Gasteiger partial charge in [0.15, 0.2) is 6.61 Å². The quantitative estimate of drug-likeness (QED) is 0.657. The van der Waals surface area contributed by atoms with Crippen molar-refractivity contribution in [2.45, 2.75) is 59.2 Å². The SMILES string of the molecule is CCC(C(=O)NC(C)(C)C)N(Cc1ccc(Cl)cc1)C(=O)COc1cccc(C)c1. The minimum absolute atomic E-state index is 0.143. The van der Waals surface area contributed by atoms with Crippen LogP contribution in [-0.4, -0.2) is 34.9 Å². The Bertz CT molecular complexity index is 859. The van der Waals surface area contributed by atoms with Gasteiger partial charge in [-0.25, -0.2) is 0 Å². The number of hydrogen-bond acceptors (Lipinski definition) is 3. The van der Waals surface area contributed by atoms with E-state index < -0.39 is 11.6 Å². The largest absolute Gasteiger partial charge is 0.484 e. The molecule has 1 atom stereocenters. The molecule has 0 saturated carbocycles. The van der Waals surface area contributed by atoms with E-state index in [4.69, 9.17) is 16.3 Å². The Labute approximate surface area is 184 Å². The zero-order valence-corrected chi connectivity index (χ0v) is 19.1. The average Bonchev–Trinajstić information content (AvgIpc) is 2.66. The highest BCUT2D eigenvalue weighted by Gasteiger charge is 2.30. The highest BCUT2D eigenvalue weighted by Crippen LogP contribution is 2.17. The summed E-state index contributed by atoms with van der Waals surface area (Å²) in [4.78, 5) is 27.7. The Morgan fingerprint density at radius 3 is 2.37 bits per heavy atom. The molecule has 0 aliphatic carbocycles. The summed E-state index contributed by atoms with van der Waals surface area (Å²) in [7, 11) is 0. The second-order valence-electron chi connectivity index (χ2n) is 8.42. The molecule has 2 amide bonds. The van der Waals surface area contributed by atoms with E-state index in [9.17, 15) is 9.59 Å². The number of carbonyl (C=O) groups is 2. The Morgan fingerprint density at radius 1 is 1.13 bits per heavy atom. The minimum Gasteiger partial charge on any atom is -0.484 e. The summed E-state index contributed by atoms with van der Waals surface area (Å²) in [6.45, 7) is 9.78. The normalized spacial score (nSPS) is 12.2. The summed E-state index contributed by atoms with van der Waals surface area (Å²) >= 11 is 5.99. The van der Waals surface area contributed by atoms with Crippen molar-refractivity contribution in [1.29, 1.82) is 0 Å². The second kappa shape index (κ2) is 10.5. The number of carbonyl (C=O) groups excluding carboxylic acids is 2. The maximum absolute atomic E-state index is 13.1. The van der Waals surface area contributed by atoms with Gasteiger partial charge in [-0.2, -0.15) is 0 Å². The molecule has 0 aliphatic rings. The molecule has 0 aliphatic heterocycles. The number of ether oxygens (including phenoxy) is 1. The fraction of sp³-hybridized carbons (Fsp3) is 0.417. The monoisotopic (exact) mass is 430 g/mol. The molecule has 0 aromatic heterocycles. The number of aryl methyl sites for hydroxylation is 1. The summed E-state index contributed by atoms with van der Waals surface area (Å²) in [5.74, 6) is 0.201. The fourth-order valence-electron chi connectivity index (χ4n) is 3.09. The van der Waals surface area contributed by atoms with Crippen molar-refractivity contribution in [3.05, 3.63) is 64.7 Å². The average molecular weight is 431 g/mol. The van der Waals surface area contributed by atoms with Gasteiger partial charge in [0.1, 0.15) is 11.8 Å². The number of amides is 2. The van der Waals surface area contributed by atoms with Crippen molar-refractivity contribution < 1.29 is 14.3 Å². The van der Waals surface area contributed by atoms with Gasteiger partial charge < -0.3 is 15.0 Å². The van der Waals surface area contributed by atoms with Gasteiger partial charge in [-0.05, 0) is 69.5 Å². The highest BCUT2D eigenvalue weighted by atomic mass is 35.5. The van der Waals surface area contributed by atoms with Crippen molar-refractivity contribution in [2.75, 3.05) is 6.61 Å². The molecule has 1 unspecified atom stereocenters. The number of rotatable bonds is 8. The minimum atomic E-state index is -0.603. The molecule has 2 aromatic rings. The molecule has 162 valence electrons. The van der Waals surface area contributed by atoms with Crippen LogP contribution in [-0.2, 0) is 16.1 Å². The van der Waals surface area contributed by atoms with Gasteiger partial charge in [-0.15, -0.1) is 0 Å². The Morgan fingerprint density at radius 2 is 1.80 bits per heavy atom. The van der Waals surface area contributed by atoms with Crippen LogP contribution in [0.4, 0.5) is 0 Å². The lowest BCUT2D eigenvalue weighted by Crippen LogP contribution is -2.54. The topological polar surface area (TPSA) is 58.6 Å². The third kappa shape index (κ3) is 7.38. The van der Waals surface area contributed by atoms with Crippen LogP contribution in [0, 0.1) is 6.92 Å². The number of hydrogen-bond donors (Lipinski definition) is 1. The molecular weight excluding hydrogens is 400 g/mol. The standard InChI is InChI=1S/C24H31ClN2O3/c1-6-21(23(29)26-24(3,4)5)27(15-18-10-12-19(25)13-11-18)22(28)16-30-20-9-7-8-17(2)14-20/h7-14,21H,6,15-16H2,1-5H3,(H,26,29). The second-order valence-corrected chi connectivity index (χ2v) is 8.85. The first-order valence-electron chi connectivity index (χ1n) is 10.1.